The second-order valence-corrected chi connectivity index (χ2v) is 5.47. The topological polar surface area (TPSA) is 21.3 Å². The van der Waals surface area contributed by atoms with E-state index in [9.17, 15) is 8.78 Å². The van der Waals surface area contributed by atoms with E-state index in [1.807, 2.05) is 6.92 Å². The molecule has 0 aliphatic rings. The molecule has 0 bridgehead atoms. The molecule has 2 aromatic carbocycles. The van der Waals surface area contributed by atoms with Crippen LogP contribution in [0.5, 0.6) is 5.75 Å². The lowest BCUT2D eigenvalue weighted by Crippen LogP contribution is -2.13. The second kappa shape index (κ2) is 7.52. The molecule has 0 heterocycles. The molecular weight excluding hydrogens is 340 g/mol. The fourth-order valence-corrected chi connectivity index (χ4v) is 2.30. The second-order valence-electron chi connectivity index (χ2n) is 4.56. The van der Waals surface area contributed by atoms with Crippen LogP contribution in [0.15, 0.2) is 40.9 Å². The summed E-state index contributed by atoms with van der Waals surface area (Å²) >= 11 is 3.30. The van der Waals surface area contributed by atoms with E-state index in [4.69, 9.17) is 4.74 Å². The summed E-state index contributed by atoms with van der Waals surface area (Å²) in [6, 6.07) is 9.01. The quantitative estimate of drug-likeness (QED) is 0.828. The van der Waals surface area contributed by atoms with Crippen molar-refractivity contribution in [2.45, 2.75) is 20.1 Å². The third-order valence-electron chi connectivity index (χ3n) is 2.98. The molecule has 0 atom stereocenters. The van der Waals surface area contributed by atoms with Gasteiger partial charge >= 0.3 is 0 Å². The first-order valence-electron chi connectivity index (χ1n) is 6.66. The molecule has 0 fully saturated rings. The molecule has 2 rings (SSSR count). The summed E-state index contributed by atoms with van der Waals surface area (Å²) in [5.41, 5.74) is 1.16. The highest BCUT2D eigenvalue weighted by Crippen LogP contribution is 2.22. The van der Waals surface area contributed by atoms with E-state index in [1.165, 1.54) is 18.2 Å². The van der Waals surface area contributed by atoms with Crippen LogP contribution in [0.3, 0.4) is 0 Å². The van der Waals surface area contributed by atoms with Gasteiger partial charge in [0.05, 0.1) is 0 Å². The summed E-state index contributed by atoms with van der Waals surface area (Å²) in [5.74, 6) is -0.0887. The van der Waals surface area contributed by atoms with E-state index in [0.717, 1.165) is 11.0 Å². The maximum absolute atomic E-state index is 13.7. The Balaban J connectivity index is 2.13. The molecule has 0 unspecified atom stereocenters. The van der Waals surface area contributed by atoms with Gasteiger partial charge in [-0.25, -0.2) is 8.78 Å². The number of hydrogen-bond acceptors (Lipinski definition) is 2. The van der Waals surface area contributed by atoms with Gasteiger partial charge in [0.1, 0.15) is 24.0 Å². The van der Waals surface area contributed by atoms with Gasteiger partial charge in [-0.1, -0.05) is 22.9 Å². The van der Waals surface area contributed by atoms with Crippen LogP contribution in [0.1, 0.15) is 18.1 Å². The van der Waals surface area contributed by atoms with Gasteiger partial charge in [0.15, 0.2) is 0 Å². The van der Waals surface area contributed by atoms with Crippen molar-refractivity contribution in [3.8, 4) is 5.75 Å². The van der Waals surface area contributed by atoms with Crippen LogP contribution >= 0.6 is 15.9 Å². The molecular formula is C16H16BrF2NO. The normalized spacial score (nSPS) is 10.7. The third kappa shape index (κ3) is 4.51. The molecule has 0 saturated carbocycles. The Labute approximate surface area is 131 Å². The summed E-state index contributed by atoms with van der Waals surface area (Å²) in [4.78, 5) is 0. The molecule has 0 aromatic heterocycles. The predicted molar refractivity (Wildman–Crippen MR) is 82.2 cm³/mol. The van der Waals surface area contributed by atoms with Gasteiger partial charge in [-0.3, -0.25) is 0 Å². The number of benzene rings is 2. The van der Waals surface area contributed by atoms with Crippen molar-refractivity contribution in [1.82, 2.24) is 5.32 Å². The zero-order valence-electron chi connectivity index (χ0n) is 11.6. The highest BCUT2D eigenvalue weighted by molar-refractivity contribution is 9.10. The largest absolute Gasteiger partial charge is 0.488 e. The van der Waals surface area contributed by atoms with E-state index in [-0.39, 0.29) is 18.2 Å². The van der Waals surface area contributed by atoms with Crippen molar-refractivity contribution in [1.29, 1.82) is 0 Å². The minimum absolute atomic E-state index is 0.0933. The molecule has 0 amide bonds. The Morgan fingerprint density at radius 2 is 1.90 bits per heavy atom. The number of rotatable bonds is 6. The zero-order chi connectivity index (χ0) is 15.2. The van der Waals surface area contributed by atoms with Gasteiger partial charge in [-0.2, -0.15) is 0 Å². The van der Waals surface area contributed by atoms with Gasteiger partial charge in [0.2, 0.25) is 0 Å². The van der Waals surface area contributed by atoms with E-state index in [1.54, 1.807) is 18.2 Å². The maximum Gasteiger partial charge on any atom is 0.129 e. The van der Waals surface area contributed by atoms with Gasteiger partial charge in [-0.05, 0) is 42.9 Å². The van der Waals surface area contributed by atoms with Gasteiger partial charge in [-0.15, -0.1) is 0 Å². The SMILES string of the molecule is CCNCc1cc(F)ccc1OCc1cc(Br)ccc1F. The first-order valence-corrected chi connectivity index (χ1v) is 7.45. The lowest BCUT2D eigenvalue weighted by molar-refractivity contribution is 0.295. The van der Waals surface area contributed by atoms with Crippen molar-refractivity contribution in [3.05, 3.63) is 63.6 Å². The monoisotopic (exact) mass is 355 g/mol. The highest BCUT2D eigenvalue weighted by atomic mass is 79.9. The average molecular weight is 356 g/mol. The first-order chi connectivity index (χ1) is 10.1. The Morgan fingerprint density at radius 1 is 1.10 bits per heavy atom. The van der Waals surface area contributed by atoms with Gasteiger partial charge in [0.25, 0.3) is 0 Å². The van der Waals surface area contributed by atoms with Crippen molar-refractivity contribution in [2.24, 2.45) is 0 Å². The molecule has 0 radical (unpaired) electrons. The van der Waals surface area contributed by atoms with Crippen molar-refractivity contribution in [3.63, 3.8) is 0 Å². The molecule has 0 aliphatic heterocycles. The zero-order valence-corrected chi connectivity index (χ0v) is 13.2. The maximum atomic E-state index is 13.7. The summed E-state index contributed by atoms with van der Waals surface area (Å²) in [7, 11) is 0. The smallest absolute Gasteiger partial charge is 0.129 e. The Kier molecular flexibility index (Phi) is 5.70. The Bertz CT molecular complexity index is 619. The fourth-order valence-electron chi connectivity index (χ4n) is 1.90. The third-order valence-corrected chi connectivity index (χ3v) is 3.47. The number of hydrogen-bond donors (Lipinski definition) is 1. The first kappa shape index (κ1) is 15.9. The van der Waals surface area contributed by atoms with Gasteiger partial charge in [0, 0.05) is 22.1 Å². The summed E-state index contributed by atoms with van der Waals surface area (Å²) in [6.45, 7) is 3.34. The van der Waals surface area contributed by atoms with Crippen LogP contribution in [0.25, 0.3) is 0 Å². The van der Waals surface area contributed by atoms with Crippen molar-refractivity contribution >= 4 is 15.9 Å². The molecule has 21 heavy (non-hydrogen) atoms. The Hall–Kier alpha value is -1.46. The summed E-state index contributed by atoms with van der Waals surface area (Å²) in [6.07, 6.45) is 0. The van der Waals surface area contributed by atoms with Crippen LogP contribution in [-0.2, 0) is 13.2 Å². The van der Waals surface area contributed by atoms with E-state index in [0.29, 0.717) is 23.4 Å². The predicted octanol–water partition coefficient (Wildman–Crippen LogP) is 4.42. The molecule has 0 spiro atoms. The number of halogens is 3. The molecule has 2 aromatic rings. The van der Waals surface area contributed by atoms with Crippen LogP contribution in [0, 0.1) is 11.6 Å². The van der Waals surface area contributed by atoms with Crippen LogP contribution in [0.4, 0.5) is 8.78 Å². The fraction of sp³-hybridized carbons (Fsp3) is 0.250. The molecule has 0 saturated heterocycles. The van der Waals surface area contributed by atoms with Gasteiger partial charge < -0.3 is 10.1 Å². The summed E-state index contributed by atoms with van der Waals surface area (Å²) in [5, 5.41) is 3.12. The minimum atomic E-state index is -0.325. The number of ether oxygens (including phenoxy) is 1. The lowest BCUT2D eigenvalue weighted by atomic mass is 10.2. The van der Waals surface area contributed by atoms with Crippen molar-refractivity contribution in [2.75, 3.05) is 6.54 Å². The molecule has 1 N–H and O–H groups in total. The number of nitrogens with one attached hydrogen (secondary N) is 1. The molecule has 0 aliphatic carbocycles. The standard InChI is InChI=1S/C16H16BrF2NO/c1-2-20-9-11-8-14(18)4-6-16(11)21-10-12-7-13(17)3-5-15(12)19/h3-8,20H,2,9-10H2,1H3. The lowest BCUT2D eigenvalue weighted by Gasteiger charge is -2.12. The Morgan fingerprint density at radius 3 is 2.67 bits per heavy atom. The van der Waals surface area contributed by atoms with E-state index >= 15 is 0 Å². The highest BCUT2D eigenvalue weighted by Gasteiger charge is 2.08. The van der Waals surface area contributed by atoms with Crippen LogP contribution < -0.4 is 10.1 Å². The van der Waals surface area contributed by atoms with Crippen LogP contribution in [0.2, 0.25) is 0 Å². The molecule has 5 heteroatoms. The van der Waals surface area contributed by atoms with Crippen LogP contribution in [-0.4, -0.2) is 6.54 Å². The summed E-state index contributed by atoms with van der Waals surface area (Å²) < 4.78 is 33.4. The molecule has 112 valence electrons. The van der Waals surface area contributed by atoms with E-state index < -0.39 is 0 Å². The van der Waals surface area contributed by atoms with E-state index in [2.05, 4.69) is 21.2 Å². The molecule has 2 nitrogen and oxygen atoms in total. The van der Waals surface area contributed by atoms with Crippen molar-refractivity contribution < 1.29 is 13.5 Å². The average Bonchev–Trinajstić information content (AvgIpc) is 2.47. The minimum Gasteiger partial charge on any atom is -0.488 e.